The highest BCUT2D eigenvalue weighted by Gasteiger charge is 2.35. The Morgan fingerprint density at radius 1 is 1.05 bits per heavy atom. The number of rotatable bonds is 7. The monoisotopic (exact) mass is 547 g/mol. The average Bonchev–Trinajstić information content (AvgIpc) is 3.61. The van der Waals surface area contributed by atoms with E-state index in [1.54, 1.807) is 0 Å². The third-order valence-corrected chi connectivity index (χ3v) is 7.83. The lowest BCUT2D eigenvalue weighted by atomic mass is 9.82. The van der Waals surface area contributed by atoms with Crippen LogP contribution in [-0.4, -0.2) is 41.4 Å². The standard InChI is InChI=1S/C34H37N5O2/c1-23-18-24(2)20-25(19-23)31-28(14-15-36-33(37-22-35)41-27-10-6-5-7-11-27)29-21-26(12-13-30(29)38-31)34(3,4)32(40)39-16-8-9-17-39/h5-7,10-13,18-21,38H,8-9,14-17H2,1-4H3,(H,36,37). The Hall–Kier alpha value is -4.57. The second-order valence-corrected chi connectivity index (χ2v) is 11.3. The quantitative estimate of drug-likeness (QED) is 0.159. The second-order valence-electron chi connectivity index (χ2n) is 11.3. The van der Waals surface area contributed by atoms with Crippen molar-refractivity contribution in [1.82, 2.24) is 15.2 Å². The van der Waals surface area contributed by atoms with Crippen molar-refractivity contribution < 1.29 is 9.53 Å². The molecule has 3 aromatic carbocycles. The molecule has 0 atom stereocenters. The number of carbonyl (C=O) groups is 1. The molecule has 1 aromatic heterocycles. The van der Waals surface area contributed by atoms with Crippen LogP contribution in [0.4, 0.5) is 0 Å². The van der Waals surface area contributed by atoms with Gasteiger partial charge >= 0.3 is 6.02 Å². The van der Waals surface area contributed by atoms with Crippen LogP contribution in [0, 0.1) is 25.3 Å². The fourth-order valence-corrected chi connectivity index (χ4v) is 5.74. The van der Waals surface area contributed by atoms with Crippen LogP contribution in [0.3, 0.4) is 0 Å². The predicted octanol–water partition coefficient (Wildman–Crippen LogP) is 6.40. The first-order valence-electron chi connectivity index (χ1n) is 14.2. The van der Waals surface area contributed by atoms with E-state index in [0.29, 0.717) is 18.7 Å². The van der Waals surface area contributed by atoms with E-state index in [0.717, 1.165) is 59.2 Å². The minimum absolute atomic E-state index is 0.157. The van der Waals surface area contributed by atoms with Gasteiger partial charge < -0.3 is 19.9 Å². The first-order valence-corrected chi connectivity index (χ1v) is 14.2. The van der Waals surface area contributed by atoms with Crippen LogP contribution >= 0.6 is 0 Å². The summed E-state index contributed by atoms with van der Waals surface area (Å²) in [6.45, 7) is 10.4. The Morgan fingerprint density at radius 2 is 1.76 bits per heavy atom. The lowest BCUT2D eigenvalue weighted by Gasteiger charge is -2.29. The molecule has 0 aliphatic carbocycles. The molecule has 210 valence electrons. The molecule has 1 saturated heterocycles. The molecular weight excluding hydrogens is 510 g/mol. The van der Waals surface area contributed by atoms with Crippen molar-refractivity contribution in [3.05, 3.63) is 89.0 Å². The summed E-state index contributed by atoms with van der Waals surface area (Å²) in [4.78, 5) is 23.0. The topological polar surface area (TPSA) is 93.5 Å². The number of H-pyrrole nitrogens is 1. The molecule has 0 saturated carbocycles. The Labute approximate surface area is 241 Å². The number of amidine groups is 1. The number of carbonyl (C=O) groups excluding carboxylic acids is 1. The number of hydrogen-bond acceptors (Lipinski definition) is 4. The van der Waals surface area contributed by atoms with Gasteiger partial charge in [-0.15, -0.1) is 4.99 Å². The number of fused-ring (bicyclic) bond motifs is 1. The summed E-state index contributed by atoms with van der Waals surface area (Å²) >= 11 is 0. The van der Waals surface area contributed by atoms with Crippen molar-refractivity contribution in [2.45, 2.75) is 52.4 Å². The van der Waals surface area contributed by atoms with E-state index in [1.165, 1.54) is 11.1 Å². The highest BCUT2D eigenvalue weighted by Crippen LogP contribution is 2.36. The van der Waals surface area contributed by atoms with Crippen molar-refractivity contribution in [1.29, 1.82) is 5.26 Å². The summed E-state index contributed by atoms with van der Waals surface area (Å²) in [6.07, 6.45) is 4.61. The number of para-hydroxylation sites is 1. The number of aliphatic imine (C=N–C) groups is 1. The number of hydrogen-bond donors (Lipinski definition) is 2. The van der Waals surface area contributed by atoms with Crippen LogP contribution in [0.1, 0.15) is 48.9 Å². The number of benzene rings is 3. The average molecular weight is 548 g/mol. The van der Waals surface area contributed by atoms with Gasteiger partial charge in [-0.2, -0.15) is 5.26 Å². The highest BCUT2D eigenvalue weighted by atomic mass is 16.5. The van der Waals surface area contributed by atoms with E-state index < -0.39 is 5.41 Å². The number of nitriles is 1. The number of nitrogens with zero attached hydrogens (tertiary/aromatic N) is 3. The summed E-state index contributed by atoms with van der Waals surface area (Å²) in [5.41, 5.74) is 7.09. The lowest BCUT2D eigenvalue weighted by Crippen LogP contribution is -2.41. The molecule has 5 rings (SSSR count). The molecule has 1 amide bonds. The molecule has 1 aliphatic rings. The highest BCUT2D eigenvalue weighted by molar-refractivity contribution is 5.94. The van der Waals surface area contributed by atoms with Crippen LogP contribution in [0.5, 0.6) is 5.75 Å². The van der Waals surface area contributed by atoms with E-state index in [2.05, 4.69) is 65.5 Å². The van der Waals surface area contributed by atoms with Crippen molar-refractivity contribution >= 4 is 22.8 Å². The van der Waals surface area contributed by atoms with E-state index in [1.807, 2.05) is 55.3 Å². The molecule has 0 radical (unpaired) electrons. The number of aromatic amines is 1. The maximum Gasteiger partial charge on any atom is 0.305 e. The van der Waals surface area contributed by atoms with Gasteiger partial charge in [-0.05, 0) is 100 Å². The molecule has 0 unspecified atom stereocenters. The van der Waals surface area contributed by atoms with Crippen molar-refractivity contribution in [3.63, 3.8) is 0 Å². The Morgan fingerprint density at radius 3 is 2.44 bits per heavy atom. The van der Waals surface area contributed by atoms with E-state index in [9.17, 15) is 10.1 Å². The molecule has 2 heterocycles. The van der Waals surface area contributed by atoms with Crippen LogP contribution < -0.4 is 10.1 Å². The maximum atomic E-state index is 13.5. The SMILES string of the molecule is Cc1cc(C)cc(-c2[nH]c3ccc(C(C)(C)C(=O)N4CCCC4)cc3c2CCN/C(=N/C#N)Oc2ccccc2)c1. The number of aromatic nitrogens is 1. The summed E-state index contributed by atoms with van der Waals surface area (Å²) in [5, 5.41) is 13.5. The molecule has 2 N–H and O–H groups in total. The molecular formula is C34H37N5O2. The van der Waals surface area contributed by atoms with Gasteiger partial charge in [-0.3, -0.25) is 4.79 Å². The number of aryl methyl sites for hydroxylation is 2. The smallest absolute Gasteiger partial charge is 0.305 e. The van der Waals surface area contributed by atoms with Gasteiger partial charge in [0.15, 0.2) is 0 Å². The number of likely N-dealkylation sites (tertiary alicyclic amines) is 1. The van der Waals surface area contributed by atoms with Crippen molar-refractivity contribution in [2.75, 3.05) is 19.6 Å². The first kappa shape index (κ1) is 28.0. The summed E-state index contributed by atoms with van der Waals surface area (Å²) in [7, 11) is 0. The molecule has 7 heteroatoms. The van der Waals surface area contributed by atoms with Gasteiger partial charge in [0.25, 0.3) is 0 Å². The summed E-state index contributed by atoms with van der Waals surface area (Å²) in [6, 6.07) is 22.3. The molecule has 0 spiro atoms. The number of nitrogens with one attached hydrogen (secondary N) is 2. The van der Waals surface area contributed by atoms with E-state index in [4.69, 9.17) is 4.74 Å². The third kappa shape index (κ3) is 6.12. The van der Waals surface area contributed by atoms with E-state index in [-0.39, 0.29) is 11.9 Å². The van der Waals surface area contributed by atoms with E-state index >= 15 is 0 Å². The minimum atomic E-state index is -0.637. The minimum Gasteiger partial charge on any atom is -0.425 e. The van der Waals surface area contributed by atoms with Gasteiger partial charge in [0.05, 0.1) is 5.41 Å². The zero-order valence-corrected chi connectivity index (χ0v) is 24.3. The summed E-state index contributed by atoms with van der Waals surface area (Å²) < 4.78 is 5.81. The van der Waals surface area contributed by atoms with Crippen molar-refractivity contribution in [2.24, 2.45) is 4.99 Å². The molecule has 0 bridgehead atoms. The van der Waals surface area contributed by atoms with Crippen LogP contribution in [0.25, 0.3) is 22.2 Å². The molecule has 7 nitrogen and oxygen atoms in total. The zero-order valence-electron chi connectivity index (χ0n) is 24.3. The maximum absolute atomic E-state index is 13.5. The first-order chi connectivity index (χ1) is 19.8. The van der Waals surface area contributed by atoms with Gasteiger partial charge in [-0.25, -0.2) is 0 Å². The molecule has 41 heavy (non-hydrogen) atoms. The molecule has 4 aromatic rings. The summed E-state index contributed by atoms with van der Waals surface area (Å²) in [5.74, 6) is 0.782. The fourth-order valence-electron chi connectivity index (χ4n) is 5.74. The van der Waals surface area contributed by atoms with Crippen molar-refractivity contribution in [3.8, 4) is 23.2 Å². The predicted molar refractivity (Wildman–Crippen MR) is 164 cm³/mol. The fraction of sp³-hybridized carbons (Fsp3) is 0.324. The van der Waals surface area contributed by atoms with Gasteiger partial charge in [-0.1, -0.05) is 41.5 Å². The Kier molecular flexibility index (Phi) is 8.11. The van der Waals surface area contributed by atoms with Gasteiger partial charge in [0.1, 0.15) is 5.75 Å². The normalized spacial score (nSPS) is 13.8. The van der Waals surface area contributed by atoms with Gasteiger partial charge in [0.2, 0.25) is 12.1 Å². The molecule has 1 aliphatic heterocycles. The second kappa shape index (κ2) is 11.9. The van der Waals surface area contributed by atoms with Crippen LogP contribution in [0.2, 0.25) is 0 Å². The van der Waals surface area contributed by atoms with Crippen LogP contribution in [-0.2, 0) is 16.6 Å². The Balaban J connectivity index is 1.50. The number of ether oxygens (including phenoxy) is 1. The molecule has 1 fully saturated rings. The van der Waals surface area contributed by atoms with Crippen LogP contribution in [0.15, 0.2) is 71.7 Å². The zero-order chi connectivity index (χ0) is 29.0. The third-order valence-electron chi connectivity index (χ3n) is 7.83. The Bertz CT molecular complexity index is 1600. The largest absolute Gasteiger partial charge is 0.425 e. The lowest BCUT2D eigenvalue weighted by molar-refractivity contribution is -0.135. The number of amides is 1. The van der Waals surface area contributed by atoms with Gasteiger partial charge in [0, 0.05) is 36.2 Å².